The zero-order chi connectivity index (χ0) is 10.3. The van der Waals surface area contributed by atoms with E-state index in [1.54, 1.807) is 6.92 Å². The van der Waals surface area contributed by atoms with Crippen molar-refractivity contribution in [3.05, 3.63) is 11.8 Å². The number of aliphatic carboxylic acids is 1. The van der Waals surface area contributed by atoms with Crippen LogP contribution in [0.25, 0.3) is 0 Å². The van der Waals surface area contributed by atoms with Crippen molar-refractivity contribution in [1.82, 2.24) is 0 Å². The third-order valence-corrected chi connectivity index (χ3v) is 1.34. The number of unbranched alkanes of at least 4 members (excludes halogenated alkanes) is 1. The fourth-order valence-corrected chi connectivity index (χ4v) is 0.643. The summed E-state index contributed by atoms with van der Waals surface area (Å²) in [5.74, 6) is -1.99. The van der Waals surface area contributed by atoms with Gasteiger partial charge < -0.3 is 9.84 Å². The molecule has 0 aromatic rings. The Kier molecular flexibility index (Phi) is 5.59. The van der Waals surface area contributed by atoms with E-state index in [9.17, 15) is 9.59 Å². The predicted octanol–water partition coefficient (Wildman–Crippen LogP) is 1.71. The first kappa shape index (κ1) is 11.7. The highest BCUT2D eigenvalue weighted by Gasteiger charge is 2.11. The topological polar surface area (TPSA) is 63.6 Å². The number of carboxylic acids is 1. The molecule has 0 aromatic carbocycles. The molecule has 0 aromatic heterocycles. The highest BCUT2D eigenvalue weighted by atomic mass is 16.6. The van der Waals surface area contributed by atoms with Crippen molar-refractivity contribution in [2.24, 2.45) is 0 Å². The molecule has 0 aliphatic heterocycles. The molecule has 0 amide bonds. The highest BCUT2D eigenvalue weighted by molar-refractivity contribution is 5.87. The van der Waals surface area contributed by atoms with Crippen molar-refractivity contribution < 1.29 is 19.4 Å². The van der Waals surface area contributed by atoms with Gasteiger partial charge in [-0.05, 0) is 12.5 Å². The van der Waals surface area contributed by atoms with Crippen LogP contribution < -0.4 is 0 Å². The van der Waals surface area contributed by atoms with Crippen LogP contribution in [0.3, 0.4) is 0 Å². The number of rotatable bonds is 5. The minimum Gasteiger partial charge on any atom is -0.475 e. The van der Waals surface area contributed by atoms with Gasteiger partial charge in [0.05, 0.1) is 0 Å². The molecule has 4 heteroatoms. The van der Waals surface area contributed by atoms with Crippen molar-refractivity contribution in [2.45, 2.75) is 33.1 Å². The van der Waals surface area contributed by atoms with Crippen molar-refractivity contribution in [3.63, 3.8) is 0 Å². The molecule has 0 aliphatic rings. The average Bonchev–Trinajstić information content (AvgIpc) is 2.11. The van der Waals surface area contributed by atoms with Crippen molar-refractivity contribution in [3.8, 4) is 0 Å². The van der Waals surface area contributed by atoms with Crippen LogP contribution in [0.2, 0.25) is 0 Å². The lowest BCUT2D eigenvalue weighted by Crippen LogP contribution is -2.10. The van der Waals surface area contributed by atoms with Crippen LogP contribution >= 0.6 is 0 Å². The Hall–Kier alpha value is -1.32. The third-order valence-electron chi connectivity index (χ3n) is 1.34. The number of ether oxygens (including phenoxy) is 1. The molecule has 0 radical (unpaired) electrons. The number of carbonyl (C=O) groups excluding carboxylic acids is 1. The third kappa shape index (κ3) is 5.00. The van der Waals surface area contributed by atoms with E-state index in [2.05, 4.69) is 4.74 Å². The molecule has 0 aliphatic carbocycles. The number of esters is 1. The van der Waals surface area contributed by atoms with E-state index in [-0.39, 0.29) is 12.2 Å². The zero-order valence-electron chi connectivity index (χ0n) is 7.87. The fourth-order valence-electron chi connectivity index (χ4n) is 0.643. The van der Waals surface area contributed by atoms with E-state index in [1.165, 1.54) is 6.08 Å². The number of hydrogen-bond donors (Lipinski definition) is 1. The number of carboxylic acid groups (broad SMARTS) is 1. The SMILES string of the molecule is CCC/C=C(\OC(=O)CC)C(=O)O. The zero-order valence-corrected chi connectivity index (χ0v) is 7.87. The Labute approximate surface area is 77.2 Å². The molecule has 0 fully saturated rings. The summed E-state index contributed by atoms with van der Waals surface area (Å²) >= 11 is 0. The van der Waals surface area contributed by atoms with Gasteiger partial charge in [0.2, 0.25) is 5.76 Å². The minimum atomic E-state index is -1.20. The van der Waals surface area contributed by atoms with Gasteiger partial charge in [-0.1, -0.05) is 20.3 Å². The van der Waals surface area contributed by atoms with Crippen molar-refractivity contribution >= 4 is 11.9 Å². The van der Waals surface area contributed by atoms with Crippen molar-refractivity contribution in [1.29, 1.82) is 0 Å². The lowest BCUT2D eigenvalue weighted by molar-refractivity contribution is -0.147. The van der Waals surface area contributed by atoms with Gasteiger partial charge in [-0.2, -0.15) is 0 Å². The van der Waals surface area contributed by atoms with E-state index in [1.807, 2.05) is 6.92 Å². The smallest absolute Gasteiger partial charge is 0.371 e. The van der Waals surface area contributed by atoms with Gasteiger partial charge in [0.25, 0.3) is 0 Å². The van der Waals surface area contributed by atoms with Crippen molar-refractivity contribution in [2.75, 3.05) is 0 Å². The Morgan fingerprint density at radius 1 is 1.38 bits per heavy atom. The second-order valence-electron chi connectivity index (χ2n) is 2.49. The van der Waals surface area contributed by atoms with Gasteiger partial charge in [0.15, 0.2) is 0 Å². The average molecular weight is 186 g/mol. The molecule has 1 N–H and O–H groups in total. The van der Waals surface area contributed by atoms with Crippen LogP contribution in [0.1, 0.15) is 33.1 Å². The van der Waals surface area contributed by atoms with E-state index in [0.717, 1.165) is 6.42 Å². The first-order valence-electron chi connectivity index (χ1n) is 4.25. The van der Waals surface area contributed by atoms with Crippen LogP contribution in [-0.2, 0) is 14.3 Å². The summed E-state index contributed by atoms with van der Waals surface area (Å²) in [7, 11) is 0. The van der Waals surface area contributed by atoms with E-state index >= 15 is 0 Å². The second kappa shape index (κ2) is 6.22. The van der Waals surface area contributed by atoms with Crippen LogP contribution in [0.15, 0.2) is 11.8 Å². The molecular weight excluding hydrogens is 172 g/mol. The van der Waals surface area contributed by atoms with Gasteiger partial charge in [-0.15, -0.1) is 0 Å². The summed E-state index contributed by atoms with van der Waals surface area (Å²) in [6.45, 7) is 3.53. The Morgan fingerprint density at radius 3 is 2.38 bits per heavy atom. The summed E-state index contributed by atoms with van der Waals surface area (Å²) in [5.41, 5.74) is 0. The highest BCUT2D eigenvalue weighted by Crippen LogP contribution is 2.03. The second-order valence-corrected chi connectivity index (χ2v) is 2.49. The number of allylic oxidation sites excluding steroid dienone is 1. The van der Waals surface area contributed by atoms with E-state index < -0.39 is 11.9 Å². The first-order chi connectivity index (χ1) is 6.11. The molecular formula is C9H14O4. The summed E-state index contributed by atoms with van der Waals surface area (Å²) in [6, 6.07) is 0. The maximum absolute atomic E-state index is 10.8. The van der Waals surface area contributed by atoms with Crippen LogP contribution in [0, 0.1) is 0 Å². The standard InChI is InChI=1S/C9H14O4/c1-3-5-6-7(9(11)12)13-8(10)4-2/h6H,3-5H2,1-2H3,(H,11,12)/b7-6-. The first-order valence-corrected chi connectivity index (χ1v) is 4.25. The quantitative estimate of drug-likeness (QED) is 0.403. The number of carbonyl (C=O) groups is 2. The maximum atomic E-state index is 10.8. The Morgan fingerprint density at radius 2 is 2.00 bits per heavy atom. The Bertz CT molecular complexity index is 218. The van der Waals surface area contributed by atoms with Gasteiger partial charge in [-0.25, -0.2) is 4.79 Å². The summed E-state index contributed by atoms with van der Waals surface area (Å²) < 4.78 is 4.59. The molecule has 0 saturated heterocycles. The van der Waals surface area contributed by atoms with Gasteiger partial charge in [0, 0.05) is 6.42 Å². The molecule has 4 nitrogen and oxygen atoms in total. The summed E-state index contributed by atoms with van der Waals surface area (Å²) in [6.07, 6.45) is 3.01. The summed E-state index contributed by atoms with van der Waals surface area (Å²) in [5, 5.41) is 8.60. The van der Waals surface area contributed by atoms with E-state index in [0.29, 0.717) is 6.42 Å². The van der Waals surface area contributed by atoms with Gasteiger partial charge in [0.1, 0.15) is 0 Å². The van der Waals surface area contributed by atoms with Gasteiger partial charge in [-0.3, -0.25) is 4.79 Å². The van der Waals surface area contributed by atoms with Crippen LogP contribution in [0.5, 0.6) is 0 Å². The molecule has 74 valence electrons. The summed E-state index contributed by atoms with van der Waals surface area (Å²) in [4.78, 5) is 21.3. The van der Waals surface area contributed by atoms with Gasteiger partial charge >= 0.3 is 11.9 Å². The minimum absolute atomic E-state index is 0.177. The fraction of sp³-hybridized carbons (Fsp3) is 0.556. The predicted molar refractivity (Wildman–Crippen MR) is 47.0 cm³/mol. The van der Waals surface area contributed by atoms with E-state index in [4.69, 9.17) is 5.11 Å². The lowest BCUT2D eigenvalue weighted by atomic mass is 10.3. The Balaban J connectivity index is 4.26. The largest absolute Gasteiger partial charge is 0.475 e. The molecule has 0 rings (SSSR count). The molecule has 13 heavy (non-hydrogen) atoms. The molecule has 0 heterocycles. The molecule has 0 atom stereocenters. The molecule has 0 saturated carbocycles. The number of hydrogen-bond acceptors (Lipinski definition) is 3. The molecule has 0 spiro atoms. The normalized spacial score (nSPS) is 11.1. The lowest BCUT2D eigenvalue weighted by Gasteiger charge is -2.02. The maximum Gasteiger partial charge on any atom is 0.371 e. The van der Waals surface area contributed by atoms with Crippen LogP contribution in [-0.4, -0.2) is 17.0 Å². The monoisotopic (exact) mass is 186 g/mol. The molecule has 0 bridgehead atoms. The molecule has 0 unspecified atom stereocenters. The van der Waals surface area contributed by atoms with Crippen LogP contribution in [0.4, 0.5) is 0 Å².